The Bertz CT molecular complexity index is 838. The minimum Gasteiger partial charge on any atom is -0.465 e. The van der Waals surface area contributed by atoms with E-state index in [4.69, 9.17) is 23.2 Å². The maximum absolute atomic E-state index is 14.2. The molecule has 2 saturated heterocycles. The van der Waals surface area contributed by atoms with Crippen LogP contribution in [-0.2, 0) is 0 Å². The average Bonchev–Trinajstić information content (AvgIpc) is 2.81. The van der Waals surface area contributed by atoms with E-state index in [1.165, 1.54) is 11.1 Å². The van der Waals surface area contributed by atoms with Crippen LogP contribution in [0.25, 0.3) is 10.9 Å². The number of anilines is 1. The third-order valence-electron chi connectivity index (χ3n) is 4.60. The fraction of sp³-hybridized carbons (Fsp3) is 0.429. The lowest BCUT2D eigenvalue weighted by molar-refractivity contribution is 0.114. The smallest absolute Gasteiger partial charge is 0.407 e. The number of carbonyl (C=O) groups is 1. The number of carboxylic acid groups (broad SMARTS) is 1. The van der Waals surface area contributed by atoms with Gasteiger partial charge in [-0.3, -0.25) is 4.90 Å². The lowest BCUT2D eigenvalue weighted by Crippen LogP contribution is -2.55. The standard InChI is InChI=1S/C14H12Cl2FN5O2/c15-11-9(17)10-8(3-18-11)12(20-13(16)19-10)21-4-6-1-2-7(5-21)22(6)14(23)24/h3,6-7H,1-2,4-5H2,(H,23,24)/t6-,7+. The van der Waals surface area contributed by atoms with E-state index in [-0.39, 0.29) is 28.0 Å². The molecule has 2 fully saturated rings. The molecule has 7 nitrogen and oxygen atoms in total. The number of nitrogens with zero attached hydrogens (tertiary/aromatic N) is 5. The maximum Gasteiger partial charge on any atom is 0.407 e. The largest absolute Gasteiger partial charge is 0.465 e. The zero-order valence-electron chi connectivity index (χ0n) is 12.3. The summed E-state index contributed by atoms with van der Waals surface area (Å²) in [7, 11) is 0. The Morgan fingerprint density at radius 1 is 1.25 bits per heavy atom. The summed E-state index contributed by atoms with van der Waals surface area (Å²) >= 11 is 11.7. The molecular weight excluding hydrogens is 360 g/mol. The van der Waals surface area contributed by atoms with Crippen LogP contribution in [-0.4, -0.2) is 56.2 Å². The van der Waals surface area contributed by atoms with Gasteiger partial charge in [-0.25, -0.2) is 19.2 Å². The molecule has 2 atom stereocenters. The number of hydrogen-bond acceptors (Lipinski definition) is 5. The molecule has 0 aliphatic carbocycles. The number of fused-ring (bicyclic) bond motifs is 3. The van der Waals surface area contributed by atoms with Crippen LogP contribution in [0.1, 0.15) is 12.8 Å². The van der Waals surface area contributed by atoms with E-state index in [0.29, 0.717) is 24.3 Å². The van der Waals surface area contributed by atoms with Crippen molar-refractivity contribution >= 4 is 46.0 Å². The first-order valence-corrected chi connectivity index (χ1v) is 8.14. The van der Waals surface area contributed by atoms with Gasteiger partial charge in [-0.15, -0.1) is 0 Å². The van der Waals surface area contributed by atoms with E-state index in [0.717, 1.165) is 12.8 Å². The first-order valence-electron chi connectivity index (χ1n) is 7.39. The Morgan fingerprint density at radius 3 is 2.54 bits per heavy atom. The minimum absolute atomic E-state index is 0.0120. The van der Waals surface area contributed by atoms with Gasteiger partial charge in [0.1, 0.15) is 11.3 Å². The molecule has 1 amide bonds. The van der Waals surface area contributed by atoms with Crippen molar-refractivity contribution < 1.29 is 14.3 Å². The number of hydrogen-bond donors (Lipinski definition) is 1. The molecule has 2 bridgehead atoms. The van der Waals surface area contributed by atoms with Crippen molar-refractivity contribution in [2.45, 2.75) is 24.9 Å². The third kappa shape index (κ3) is 2.32. The summed E-state index contributed by atoms with van der Waals surface area (Å²) in [6.07, 6.45) is 2.09. The quantitative estimate of drug-likeness (QED) is 0.612. The van der Waals surface area contributed by atoms with Gasteiger partial charge in [-0.1, -0.05) is 11.6 Å². The fourth-order valence-electron chi connectivity index (χ4n) is 3.62. The molecule has 24 heavy (non-hydrogen) atoms. The molecule has 126 valence electrons. The fourth-order valence-corrected chi connectivity index (χ4v) is 3.92. The van der Waals surface area contributed by atoms with E-state index in [1.54, 1.807) is 0 Å². The van der Waals surface area contributed by atoms with Crippen molar-refractivity contribution in [1.29, 1.82) is 0 Å². The molecule has 2 aliphatic heterocycles. The van der Waals surface area contributed by atoms with Crippen molar-refractivity contribution in [1.82, 2.24) is 19.9 Å². The van der Waals surface area contributed by atoms with Gasteiger partial charge in [0.25, 0.3) is 0 Å². The Balaban J connectivity index is 1.78. The van der Waals surface area contributed by atoms with E-state index >= 15 is 0 Å². The molecule has 4 rings (SSSR count). The molecule has 0 spiro atoms. The summed E-state index contributed by atoms with van der Waals surface area (Å²) < 4.78 is 14.2. The summed E-state index contributed by atoms with van der Waals surface area (Å²) in [6, 6.07) is -0.231. The highest BCUT2D eigenvalue weighted by atomic mass is 35.5. The van der Waals surface area contributed by atoms with E-state index in [9.17, 15) is 14.3 Å². The van der Waals surface area contributed by atoms with Gasteiger partial charge in [-0.2, -0.15) is 4.98 Å². The van der Waals surface area contributed by atoms with Gasteiger partial charge in [0.2, 0.25) is 5.28 Å². The van der Waals surface area contributed by atoms with Gasteiger partial charge >= 0.3 is 6.09 Å². The number of aromatic nitrogens is 3. The number of halogens is 3. The molecule has 0 saturated carbocycles. The van der Waals surface area contributed by atoms with E-state index in [1.807, 2.05) is 4.90 Å². The van der Waals surface area contributed by atoms with Gasteiger partial charge < -0.3 is 10.0 Å². The van der Waals surface area contributed by atoms with Crippen molar-refractivity contribution in [2.75, 3.05) is 18.0 Å². The highest BCUT2D eigenvalue weighted by molar-refractivity contribution is 6.30. The molecule has 0 unspecified atom stereocenters. The number of amides is 1. The minimum atomic E-state index is -0.910. The maximum atomic E-state index is 14.2. The van der Waals surface area contributed by atoms with Crippen LogP contribution in [0.4, 0.5) is 15.0 Å². The molecule has 1 N–H and O–H groups in total. The second kappa shape index (κ2) is 5.56. The molecule has 4 heterocycles. The Morgan fingerprint density at radius 2 is 1.92 bits per heavy atom. The Hall–Kier alpha value is -1.93. The van der Waals surface area contributed by atoms with Gasteiger partial charge in [0.05, 0.1) is 17.5 Å². The van der Waals surface area contributed by atoms with Crippen LogP contribution >= 0.6 is 23.2 Å². The number of pyridine rings is 1. The SMILES string of the molecule is O=C(O)N1[C@@H]2CC[C@H]1CN(c1nc(Cl)nc3c(F)c(Cl)ncc13)C2. The van der Waals surface area contributed by atoms with Crippen molar-refractivity contribution in [2.24, 2.45) is 0 Å². The van der Waals surface area contributed by atoms with Crippen molar-refractivity contribution in [3.05, 3.63) is 22.5 Å². The van der Waals surface area contributed by atoms with E-state index < -0.39 is 11.9 Å². The lowest BCUT2D eigenvalue weighted by Gasteiger charge is -2.40. The van der Waals surface area contributed by atoms with Crippen LogP contribution < -0.4 is 4.90 Å². The topological polar surface area (TPSA) is 82.5 Å². The monoisotopic (exact) mass is 371 g/mol. The second-order valence-electron chi connectivity index (χ2n) is 5.92. The highest BCUT2D eigenvalue weighted by Crippen LogP contribution is 2.35. The summed E-state index contributed by atoms with van der Waals surface area (Å²) in [5.41, 5.74) is 0.0120. The van der Waals surface area contributed by atoms with Crippen LogP contribution in [0.2, 0.25) is 10.4 Å². The van der Waals surface area contributed by atoms with Crippen LogP contribution in [0.15, 0.2) is 6.20 Å². The first kappa shape index (κ1) is 15.6. The van der Waals surface area contributed by atoms with E-state index in [2.05, 4.69) is 15.0 Å². The second-order valence-corrected chi connectivity index (χ2v) is 6.62. The molecular formula is C14H12Cl2FN5O2. The number of piperazine rings is 1. The predicted molar refractivity (Wildman–Crippen MR) is 86.2 cm³/mol. The number of rotatable bonds is 1. The van der Waals surface area contributed by atoms with Crippen LogP contribution in [0.3, 0.4) is 0 Å². The third-order valence-corrected chi connectivity index (χ3v) is 5.03. The first-order chi connectivity index (χ1) is 11.5. The molecule has 0 aromatic carbocycles. The normalized spacial score (nSPS) is 23.1. The lowest BCUT2D eigenvalue weighted by atomic mass is 10.2. The van der Waals surface area contributed by atoms with Gasteiger partial charge in [0.15, 0.2) is 11.0 Å². The van der Waals surface area contributed by atoms with Crippen LogP contribution in [0.5, 0.6) is 0 Å². The molecule has 0 radical (unpaired) electrons. The molecule has 2 aliphatic rings. The zero-order valence-corrected chi connectivity index (χ0v) is 13.8. The molecule has 2 aromatic heterocycles. The summed E-state index contributed by atoms with van der Waals surface area (Å²) in [5, 5.41) is 9.38. The summed E-state index contributed by atoms with van der Waals surface area (Å²) in [6.45, 7) is 0.935. The van der Waals surface area contributed by atoms with Crippen molar-refractivity contribution in [3.63, 3.8) is 0 Å². The highest BCUT2D eigenvalue weighted by Gasteiger charge is 2.43. The van der Waals surface area contributed by atoms with Gasteiger partial charge in [-0.05, 0) is 24.4 Å². The van der Waals surface area contributed by atoms with Crippen molar-refractivity contribution in [3.8, 4) is 0 Å². The predicted octanol–water partition coefficient (Wildman–Crippen LogP) is 2.80. The summed E-state index contributed by atoms with van der Waals surface area (Å²) in [4.78, 5) is 26.8. The molecule has 2 aromatic rings. The Labute approximate surface area is 146 Å². The van der Waals surface area contributed by atoms with Gasteiger partial charge in [0, 0.05) is 19.3 Å². The van der Waals surface area contributed by atoms with Crippen LogP contribution in [0, 0.1) is 5.82 Å². The zero-order chi connectivity index (χ0) is 17.0. The Kier molecular flexibility index (Phi) is 3.61. The molecule has 10 heteroatoms. The average molecular weight is 372 g/mol. The summed E-state index contributed by atoms with van der Waals surface area (Å²) in [5.74, 6) is -0.290.